The third-order valence-electron chi connectivity index (χ3n) is 1.31. The van der Waals surface area contributed by atoms with Gasteiger partial charge in [-0.1, -0.05) is 13.8 Å². The van der Waals surface area contributed by atoms with E-state index in [9.17, 15) is 9.59 Å². The molecule has 13 heavy (non-hydrogen) atoms. The lowest BCUT2D eigenvalue weighted by molar-refractivity contribution is 0.112. The zero-order chi connectivity index (χ0) is 10.3. The second-order valence-corrected chi connectivity index (χ2v) is 2.05. The van der Waals surface area contributed by atoms with Crippen molar-refractivity contribution in [3.05, 3.63) is 29.3 Å². The van der Waals surface area contributed by atoms with Crippen LogP contribution in [0.25, 0.3) is 0 Å². The van der Waals surface area contributed by atoms with Gasteiger partial charge in [0.2, 0.25) is 0 Å². The number of phenolic OH excluding ortho intramolecular Hbond substituents is 1. The Kier molecular flexibility index (Phi) is 5.19. The molecule has 0 aromatic heterocycles. The van der Waals surface area contributed by atoms with Crippen LogP contribution in [0.5, 0.6) is 5.75 Å². The molecular formula is C10H12O3. The van der Waals surface area contributed by atoms with Gasteiger partial charge in [-0.05, 0) is 18.2 Å². The second-order valence-electron chi connectivity index (χ2n) is 2.05. The zero-order valence-electron chi connectivity index (χ0n) is 7.65. The fourth-order valence-corrected chi connectivity index (χ4v) is 0.741. The van der Waals surface area contributed by atoms with Crippen molar-refractivity contribution in [2.24, 2.45) is 0 Å². The maximum Gasteiger partial charge on any atom is 0.153 e. The van der Waals surface area contributed by atoms with Crippen LogP contribution >= 0.6 is 0 Å². The highest BCUT2D eigenvalue weighted by molar-refractivity contribution is 5.84. The Morgan fingerprint density at radius 3 is 2.23 bits per heavy atom. The van der Waals surface area contributed by atoms with E-state index >= 15 is 0 Å². The van der Waals surface area contributed by atoms with Gasteiger partial charge in [-0.15, -0.1) is 0 Å². The summed E-state index contributed by atoms with van der Waals surface area (Å²) in [6, 6.07) is 4.08. The van der Waals surface area contributed by atoms with E-state index in [1.54, 1.807) is 0 Å². The van der Waals surface area contributed by atoms with Crippen LogP contribution < -0.4 is 0 Å². The molecule has 0 saturated carbocycles. The van der Waals surface area contributed by atoms with Crippen LogP contribution in [-0.2, 0) is 0 Å². The maximum absolute atomic E-state index is 10.2. The number of carbonyl (C=O) groups is 2. The topological polar surface area (TPSA) is 54.4 Å². The van der Waals surface area contributed by atoms with Gasteiger partial charge < -0.3 is 5.11 Å². The number of phenols is 1. The van der Waals surface area contributed by atoms with Gasteiger partial charge in [0.25, 0.3) is 0 Å². The molecule has 1 aromatic rings. The molecule has 0 spiro atoms. The highest BCUT2D eigenvalue weighted by atomic mass is 16.3. The number of hydrogen-bond donors (Lipinski definition) is 1. The van der Waals surface area contributed by atoms with Crippen molar-refractivity contribution in [3.63, 3.8) is 0 Å². The number of aldehydes is 2. The van der Waals surface area contributed by atoms with E-state index in [2.05, 4.69) is 0 Å². The fourth-order valence-electron chi connectivity index (χ4n) is 0.741. The Hall–Kier alpha value is -1.64. The molecule has 0 fully saturated rings. The molecule has 0 aliphatic rings. The number of hydrogen-bond acceptors (Lipinski definition) is 3. The number of aromatic hydroxyl groups is 1. The summed E-state index contributed by atoms with van der Waals surface area (Å²) >= 11 is 0. The molecule has 0 aliphatic heterocycles. The minimum Gasteiger partial charge on any atom is -0.507 e. The van der Waals surface area contributed by atoms with Crippen LogP contribution in [0.15, 0.2) is 18.2 Å². The molecule has 0 bridgehead atoms. The molecule has 0 atom stereocenters. The quantitative estimate of drug-likeness (QED) is 0.708. The van der Waals surface area contributed by atoms with Crippen molar-refractivity contribution in [1.29, 1.82) is 0 Å². The highest BCUT2D eigenvalue weighted by Crippen LogP contribution is 2.14. The SMILES string of the molecule is CC.O=Cc1ccc(O)c(C=O)c1. The maximum atomic E-state index is 10.2. The summed E-state index contributed by atoms with van der Waals surface area (Å²) in [4.78, 5) is 20.4. The molecule has 1 aromatic carbocycles. The van der Waals surface area contributed by atoms with Gasteiger partial charge in [0, 0.05) is 5.56 Å². The molecule has 3 nitrogen and oxygen atoms in total. The smallest absolute Gasteiger partial charge is 0.153 e. The molecule has 70 valence electrons. The lowest BCUT2D eigenvalue weighted by Gasteiger charge is -1.95. The van der Waals surface area contributed by atoms with Crippen LogP contribution in [0.3, 0.4) is 0 Å². The van der Waals surface area contributed by atoms with E-state index in [1.165, 1.54) is 18.2 Å². The Bertz CT molecular complexity index is 292. The van der Waals surface area contributed by atoms with Crippen molar-refractivity contribution < 1.29 is 14.7 Å². The molecule has 0 unspecified atom stereocenters. The number of benzene rings is 1. The molecule has 0 aliphatic carbocycles. The summed E-state index contributed by atoms with van der Waals surface area (Å²) in [6.07, 6.45) is 1.12. The normalized spacial score (nSPS) is 8.15. The molecule has 0 heterocycles. The van der Waals surface area contributed by atoms with Crippen LogP contribution in [0.4, 0.5) is 0 Å². The average Bonchev–Trinajstić information content (AvgIpc) is 2.22. The van der Waals surface area contributed by atoms with Crippen LogP contribution in [0.2, 0.25) is 0 Å². The highest BCUT2D eigenvalue weighted by Gasteiger charge is 1.99. The second kappa shape index (κ2) is 5.94. The van der Waals surface area contributed by atoms with Gasteiger partial charge in [0.05, 0.1) is 5.56 Å². The van der Waals surface area contributed by atoms with Gasteiger partial charge in [-0.3, -0.25) is 9.59 Å². The minimum absolute atomic E-state index is 0.106. The van der Waals surface area contributed by atoms with Crippen LogP contribution in [0, 0.1) is 0 Å². The van der Waals surface area contributed by atoms with Crippen molar-refractivity contribution >= 4 is 12.6 Å². The van der Waals surface area contributed by atoms with E-state index in [4.69, 9.17) is 5.11 Å². The first-order chi connectivity index (χ1) is 6.27. The van der Waals surface area contributed by atoms with Crippen LogP contribution in [-0.4, -0.2) is 17.7 Å². The first-order valence-electron chi connectivity index (χ1n) is 4.01. The Labute approximate surface area is 77.0 Å². The van der Waals surface area contributed by atoms with Crippen molar-refractivity contribution in [1.82, 2.24) is 0 Å². The summed E-state index contributed by atoms with van der Waals surface area (Å²) in [5.41, 5.74) is 0.513. The van der Waals surface area contributed by atoms with E-state index < -0.39 is 0 Å². The first kappa shape index (κ1) is 11.4. The number of carbonyl (C=O) groups excluding carboxylic acids is 2. The van der Waals surface area contributed by atoms with E-state index in [0.29, 0.717) is 18.1 Å². The van der Waals surface area contributed by atoms with E-state index in [1.807, 2.05) is 13.8 Å². The molecule has 0 amide bonds. The van der Waals surface area contributed by atoms with Crippen molar-refractivity contribution in [3.8, 4) is 5.75 Å². The summed E-state index contributed by atoms with van der Waals surface area (Å²) in [5, 5.41) is 8.98. The van der Waals surface area contributed by atoms with Crippen molar-refractivity contribution in [2.75, 3.05) is 0 Å². The standard InChI is InChI=1S/C8H6O3.C2H6/c9-4-6-1-2-8(11)7(3-6)5-10;1-2/h1-5,11H;1-2H3. The first-order valence-corrected chi connectivity index (χ1v) is 4.01. The lowest BCUT2D eigenvalue weighted by Crippen LogP contribution is -1.85. The zero-order valence-corrected chi connectivity index (χ0v) is 7.65. The molecular weight excluding hydrogens is 168 g/mol. The Morgan fingerprint density at radius 1 is 1.15 bits per heavy atom. The summed E-state index contributed by atoms with van der Waals surface area (Å²) in [5.74, 6) is -0.106. The van der Waals surface area contributed by atoms with Crippen LogP contribution in [0.1, 0.15) is 34.6 Å². The van der Waals surface area contributed by atoms with Gasteiger partial charge in [-0.25, -0.2) is 0 Å². The Morgan fingerprint density at radius 2 is 1.77 bits per heavy atom. The lowest BCUT2D eigenvalue weighted by atomic mass is 10.1. The van der Waals surface area contributed by atoms with E-state index in [-0.39, 0.29) is 11.3 Å². The summed E-state index contributed by atoms with van der Waals surface area (Å²) in [6.45, 7) is 4.00. The Balaban J connectivity index is 0.000000671. The molecule has 0 radical (unpaired) electrons. The minimum atomic E-state index is -0.106. The van der Waals surface area contributed by atoms with Crippen molar-refractivity contribution in [2.45, 2.75) is 13.8 Å². The largest absolute Gasteiger partial charge is 0.507 e. The molecule has 1 rings (SSSR count). The molecule has 0 saturated heterocycles. The number of rotatable bonds is 2. The predicted octanol–water partition coefficient (Wildman–Crippen LogP) is 2.04. The summed E-state index contributed by atoms with van der Waals surface area (Å²) in [7, 11) is 0. The van der Waals surface area contributed by atoms with Gasteiger partial charge in [-0.2, -0.15) is 0 Å². The summed E-state index contributed by atoms with van der Waals surface area (Å²) < 4.78 is 0. The monoisotopic (exact) mass is 180 g/mol. The molecule has 1 N–H and O–H groups in total. The van der Waals surface area contributed by atoms with E-state index in [0.717, 1.165) is 0 Å². The third-order valence-corrected chi connectivity index (χ3v) is 1.31. The van der Waals surface area contributed by atoms with Gasteiger partial charge in [0.15, 0.2) is 6.29 Å². The predicted molar refractivity (Wildman–Crippen MR) is 50.2 cm³/mol. The molecule has 3 heteroatoms. The van der Waals surface area contributed by atoms with Gasteiger partial charge in [0.1, 0.15) is 12.0 Å². The fraction of sp³-hybridized carbons (Fsp3) is 0.200. The third kappa shape index (κ3) is 3.07. The van der Waals surface area contributed by atoms with Gasteiger partial charge >= 0.3 is 0 Å². The average molecular weight is 180 g/mol.